The summed E-state index contributed by atoms with van der Waals surface area (Å²) in [5.74, 6) is 0.582. The van der Waals surface area contributed by atoms with Crippen molar-refractivity contribution < 1.29 is 8.83 Å². The summed E-state index contributed by atoms with van der Waals surface area (Å²) in [5, 5.41) is 6.87. The number of fused-ring (bicyclic) bond motifs is 8. The zero-order valence-corrected chi connectivity index (χ0v) is 29.7. The van der Waals surface area contributed by atoms with Crippen molar-refractivity contribution in [1.29, 1.82) is 0 Å². The first kappa shape index (κ1) is 31.1. The molecular weight excluding hydrogens is 673 g/mol. The number of hydrogen-bond acceptors (Lipinski definition) is 4. The first-order valence-electron chi connectivity index (χ1n) is 18.5. The van der Waals surface area contributed by atoms with E-state index in [9.17, 15) is 0 Å². The average molecular weight is 705 g/mol. The van der Waals surface area contributed by atoms with Gasteiger partial charge in [-0.05, 0) is 87.3 Å². The molecule has 0 N–H and O–H groups in total. The molecule has 0 unspecified atom stereocenters. The van der Waals surface area contributed by atoms with Gasteiger partial charge in [0.25, 0.3) is 0 Å². The number of aromatic nitrogens is 1. The van der Waals surface area contributed by atoms with Crippen molar-refractivity contribution >= 4 is 71.6 Å². The largest absolute Gasteiger partial charge is 0.456 e. The predicted molar refractivity (Wildman–Crippen MR) is 227 cm³/mol. The van der Waals surface area contributed by atoms with Gasteiger partial charge in [-0.3, -0.25) is 0 Å². The van der Waals surface area contributed by atoms with E-state index < -0.39 is 0 Å². The highest BCUT2D eigenvalue weighted by molar-refractivity contribution is 6.19. The fourth-order valence-electron chi connectivity index (χ4n) is 8.08. The van der Waals surface area contributed by atoms with Crippen molar-refractivity contribution in [3.8, 4) is 33.7 Å². The molecule has 0 radical (unpaired) electrons. The molecule has 0 aliphatic rings. The van der Waals surface area contributed by atoms with E-state index in [1.54, 1.807) is 0 Å². The Balaban J connectivity index is 1.10. The van der Waals surface area contributed by atoms with E-state index in [0.29, 0.717) is 5.89 Å². The van der Waals surface area contributed by atoms with Crippen molar-refractivity contribution in [2.24, 2.45) is 0 Å². The number of furan rings is 1. The summed E-state index contributed by atoms with van der Waals surface area (Å²) in [6, 6.07) is 68.1. The summed E-state index contributed by atoms with van der Waals surface area (Å²) in [7, 11) is 0. The van der Waals surface area contributed by atoms with Gasteiger partial charge in [0.1, 0.15) is 16.7 Å². The van der Waals surface area contributed by atoms with E-state index in [1.807, 2.05) is 48.5 Å². The Kier molecular flexibility index (Phi) is 7.14. The van der Waals surface area contributed by atoms with Crippen LogP contribution >= 0.6 is 0 Å². The van der Waals surface area contributed by atoms with Gasteiger partial charge in [0, 0.05) is 33.5 Å². The molecule has 4 heteroatoms. The quantitative estimate of drug-likeness (QED) is 0.162. The monoisotopic (exact) mass is 704 g/mol. The number of anilines is 3. The van der Waals surface area contributed by atoms with E-state index in [1.165, 1.54) is 21.5 Å². The van der Waals surface area contributed by atoms with Gasteiger partial charge >= 0.3 is 0 Å². The summed E-state index contributed by atoms with van der Waals surface area (Å²) in [4.78, 5) is 7.49. The zero-order chi connectivity index (χ0) is 36.3. The highest BCUT2D eigenvalue weighted by Crippen LogP contribution is 2.45. The average Bonchev–Trinajstić information content (AvgIpc) is 3.87. The van der Waals surface area contributed by atoms with Crippen molar-refractivity contribution in [1.82, 2.24) is 4.98 Å². The van der Waals surface area contributed by atoms with Crippen LogP contribution in [0, 0.1) is 0 Å². The molecule has 2 aromatic heterocycles. The Morgan fingerprint density at radius 3 is 1.87 bits per heavy atom. The minimum absolute atomic E-state index is 0.582. The van der Waals surface area contributed by atoms with Crippen LogP contribution in [-0.4, -0.2) is 4.98 Å². The molecule has 11 rings (SSSR count). The number of oxazole rings is 1. The van der Waals surface area contributed by atoms with Gasteiger partial charge in [0.05, 0.1) is 11.1 Å². The van der Waals surface area contributed by atoms with E-state index in [2.05, 4.69) is 150 Å². The summed E-state index contributed by atoms with van der Waals surface area (Å²) in [6.45, 7) is 0. The maximum Gasteiger partial charge on any atom is 0.227 e. The van der Waals surface area contributed by atoms with E-state index in [-0.39, 0.29) is 0 Å². The van der Waals surface area contributed by atoms with Crippen LogP contribution in [0.25, 0.3) is 88.3 Å². The molecule has 9 aromatic carbocycles. The lowest BCUT2D eigenvalue weighted by Crippen LogP contribution is -2.11. The molecule has 0 spiro atoms. The van der Waals surface area contributed by atoms with Gasteiger partial charge in [0.15, 0.2) is 5.58 Å². The van der Waals surface area contributed by atoms with Crippen LogP contribution in [0.5, 0.6) is 0 Å². The molecule has 2 heterocycles. The lowest BCUT2D eigenvalue weighted by molar-refractivity contribution is 0.622. The molecular formula is C51H32N2O2. The Morgan fingerprint density at radius 2 is 1.04 bits per heavy atom. The molecule has 0 aliphatic carbocycles. The highest BCUT2D eigenvalue weighted by Gasteiger charge is 2.22. The van der Waals surface area contributed by atoms with Crippen LogP contribution in [0.4, 0.5) is 17.1 Å². The van der Waals surface area contributed by atoms with E-state index in [0.717, 1.165) is 77.9 Å². The smallest absolute Gasteiger partial charge is 0.227 e. The second kappa shape index (κ2) is 12.6. The first-order valence-corrected chi connectivity index (χ1v) is 18.5. The third-order valence-electron chi connectivity index (χ3n) is 10.7. The molecule has 4 nitrogen and oxygen atoms in total. The Bertz CT molecular complexity index is 3200. The second-order valence-electron chi connectivity index (χ2n) is 13.9. The standard InChI is InChI=1S/C51H32N2O2/c1-3-13-33(14-4-1)42-19-9-11-21-45(42)53(39-29-30-41-37(31-39)24-23-34-15-7-8-18-40(34)41)38-27-25-35(26-28-38)44-32-47-48(43-20-10-12-22-46(43)54-47)50-49(44)52-51(55-50)36-16-5-2-6-17-36/h1-32H. The van der Waals surface area contributed by atoms with Gasteiger partial charge in [-0.15, -0.1) is 0 Å². The minimum Gasteiger partial charge on any atom is -0.456 e. The normalized spacial score (nSPS) is 11.6. The lowest BCUT2D eigenvalue weighted by Gasteiger charge is -2.28. The molecule has 11 aromatic rings. The number of hydrogen-bond donors (Lipinski definition) is 0. The Labute approximate surface area is 317 Å². The topological polar surface area (TPSA) is 42.4 Å². The van der Waals surface area contributed by atoms with Crippen LogP contribution < -0.4 is 4.90 Å². The van der Waals surface area contributed by atoms with Gasteiger partial charge in [-0.1, -0.05) is 140 Å². The van der Waals surface area contributed by atoms with E-state index in [4.69, 9.17) is 13.8 Å². The molecule has 0 atom stereocenters. The molecule has 0 aliphatic heterocycles. The number of nitrogens with zero attached hydrogens (tertiary/aromatic N) is 2. The Hall–Kier alpha value is -7.43. The van der Waals surface area contributed by atoms with Gasteiger partial charge < -0.3 is 13.7 Å². The number of para-hydroxylation sites is 2. The van der Waals surface area contributed by atoms with Crippen molar-refractivity contribution in [2.75, 3.05) is 4.90 Å². The van der Waals surface area contributed by atoms with E-state index >= 15 is 0 Å². The van der Waals surface area contributed by atoms with Crippen LogP contribution in [0.1, 0.15) is 0 Å². The summed E-state index contributed by atoms with van der Waals surface area (Å²) < 4.78 is 13.0. The molecule has 0 saturated carbocycles. The first-order chi connectivity index (χ1) is 27.3. The van der Waals surface area contributed by atoms with Gasteiger partial charge in [-0.2, -0.15) is 0 Å². The molecule has 0 saturated heterocycles. The van der Waals surface area contributed by atoms with Crippen LogP contribution in [-0.2, 0) is 0 Å². The van der Waals surface area contributed by atoms with Crippen molar-refractivity contribution in [3.05, 3.63) is 194 Å². The molecule has 0 bridgehead atoms. The predicted octanol–water partition coefficient (Wildman–Crippen LogP) is 14.5. The fraction of sp³-hybridized carbons (Fsp3) is 0. The van der Waals surface area contributed by atoms with Gasteiger partial charge in [0.2, 0.25) is 5.89 Å². The molecule has 55 heavy (non-hydrogen) atoms. The van der Waals surface area contributed by atoms with Crippen LogP contribution in [0.15, 0.2) is 203 Å². The number of benzene rings is 9. The summed E-state index contributed by atoms with van der Waals surface area (Å²) >= 11 is 0. The summed E-state index contributed by atoms with van der Waals surface area (Å²) in [6.07, 6.45) is 0. The molecule has 0 amide bonds. The fourth-order valence-corrected chi connectivity index (χ4v) is 8.08. The van der Waals surface area contributed by atoms with Crippen molar-refractivity contribution in [3.63, 3.8) is 0 Å². The second-order valence-corrected chi connectivity index (χ2v) is 13.9. The third kappa shape index (κ3) is 5.19. The maximum atomic E-state index is 6.61. The zero-order valence-electron chi connectivity index (χ0n) is 29.7. The maximum absolute atomic E-state index is 6.61. The van der Waals surface area contributed by atoms with Crippen molar-refractivity contribution in [2.45, 2.75) is 0 Å². The van der Waals surface area contributed by atoms with Crippen LogP contribution in [0.3, 0.4) is 0 Å². The Morgan fingerprint density at radius 1 is 0.400 bits per heavy atom. The number of rotatable bonds is 6. The van der Waals surface area contributed by atoms with Gasteiger partial charge in [-0.25, -0.2) is 4.98 Å². The highest BCUT2D eigenvalue weighted by atomic mass is 16.4. The summed E-state index contributed by atoms with van der Waals surface area (Å²) in [5.41, 5.74) is 11.5. The minimum atomic E-state index is 0.582. The molecule has 0 fully saturated rings. The molecule has 258 valence electrons. The lowest BCUT2D eigenvalue weighted by atomic mass is 9.98. The van der Waals surface area contributed by atoms with Crippen LogP contribution in [0.2, 0.25) is 0 Å². The third-order valence-corrected chi connectivity index (χ3v) is 10.7. The SMILES string of the molecule is c1ccc(-c2nc3c(-c4ccc(N(c5ccc6c(ccc7ccccc76)c5)c5ccccc5-c5ccccc5)cc4)cc4oc5ccccc5c4c3o2)cc1.